The van der Waals surface area contributed by atoms with Crippen LogP contribution >= 0.6 is 0 Å². The van der Waals surface area contributed by atoms with Gasteiger partial charge in [0, 0.05) is 16.9 Å². The lowest BCUT2D eigenvalue weighted by Crippen LogP contribution is -2.44. The van der Waals surface area contributed by atoms with Gasteiger partial charge in [-0.3, -0.25) is 4.79 Å². The summed E-state index contributed by atoms with van der Waals surface area (Å²) in [5.41, 5.74) is 2.03. The van der Waals surface area contributed by atoms with Gasteiger partial charge in [0.25, 0.3) is 5.56 Å². The Kier molecular flexibility index (Phi) is 4.48. The van der Waals surface area contributed by atoms with Gasteiger partial charge in [-0.2, -0.15) is 5.10 Å². The van der Waals surface area contributed by atoms with Gasteiger partial charge >= 0.3 is 0 Å². The van der Waals surface area contributed by atoms with Gasteiger partial charge < -0.3 is 0 Å². The molecule has 0 unspecified atom stereocenters. The number of allylic oxidation sites excluding steroid dienone is 1. The standard InChI is InChI=1S/C17H17FN2O/c1-4-6-14-13(5-2)17(21)20-19-16(14)10-12-7-8-15(18)11(3)9-12/h4-9H,1,10H2,2-3H3,(H,20,21)/b13-5+,14-6+. The third-order valence-electron chi connectivity index (χ3n) is 3.31. The van der Waals surface area contributed by atoms with E-state index in [0.717, 1.165) is 16.5 Å². The minimum atomic E-state index is -0.232. The Balaban J connectivity index is 2.60. The lowest BCUT2D eigenvalue weighted by molar-refractivity contribution is 0.617. The Morgan fingerprint density at radius 2 is 2.14 bits per heavy atom. The van der Waals surface area contributed by atoms with E-state index in [1.165, 1.54) is 6.07 Å². The molecule has 21 heavy (non-hydrogen) atoms. The summed E-state index contributed by atoms with van der Waals surface area (Å²) in [6.07, 6.45) is 5.65. The number of aromatic amines is 1. The van der Waals surface area contributed by atoms with Gasteiger partial charge in [-0.05, 0) is 31.0 Å². The first-order valence-electron chi connectivity index (χ1n) is 6.68. The van der Waals surface area contributed by atoms with Crippen LogP contribution in [0.3, 0.4) is 0 Å². The summed E-state index contributed by atoms with van der Waals surface area (Å²) < 4.78 is 13.3. The quantitative estimate of drug-likeness (QED) is 0.930. The van der Waals surface area contributed by atoms with Crippen LogP contribution in [-0.2, 0) is 6.42 Å². The number of nitrogens with one attached hydrogen (secondary N) is 1. The van der Waals surface area contributed by atoms with Gasteiger partial charge in [0.1, 0.15) is 5.82 Å². The van der Waals surface area contributed by atoms with Crippen molar-refractivity contribution in [3.8, 4) is 0 Å². The molecule has 0 aliphatic heterocycles. The molecule has 0 radical (unpaired) electrons. The summed E-state index contributed by atoms with van der Waals surface area (Å²) in [6.45, 7) is 7.20. The second-order valence-electron chi connectivity index (χ2n) is 4.78. The summed E-state index contributed by atoms with van der Waals surface area (Å²) in [7, 11) is 0. The Morgan fingerprint density at radius 3 is 2.76 bits per heavy atom. The first-order chi connectivity index (χ1) is 10.1. The third kappa shape index (κ3) is 3.16. The van der Waals surface area contributed by atoms with Gasteiger partial charge in [-0.15, -0.1) is 0 Å². The number of hydrogen-bond acceptors (Lipinski definition) is 2. The van der Waals surface area contributed by atoms with Crippen molar-refractivity contribution in [2.45, 2.75) is 20.3 Å². The Labute approximate surface area is 122 Å². The smallest absolute Gasteiger partial charge is 0.267 e. The number of aromatic nitrogens is 2. The van der Waals surface area contributed by atoms with Gasteiger partial charge in [-0.25, -0.2) is 9.49 Å². The number of halogens is 1. The van der Waals surface area contributed by atoms with Crippen molar-refractivity contribution < 1.29 is 4.39 Å². The third-order valence-corrected chi connectivity index (χ3v) is 3.31. The molecule has 0 bridgehead atoms. The van der Waals surface area contributed by atoms with Crippen LogP contribution in [0, 0.1) is 12.7 Å². The molecule has 0 atom stereocenters. The zero-order valence-corrected chi connectivity index (χ0v) is 12.1. The maximum atomic E-state index is 13.3. The van der Waals surface area contributed by atoms with Crippen molar-refractivity contribution in [1.29, 1.82) is 0 Å². The highest BCUT2D eigenvalue weighted by molar-refractivity contribution is 5.40. The van der Waals surface area contributed by atoms with E-state index in [1.807, 2.05) is 0 Å². The predicted molar refractivity (Wildman–Crippen MR) is 82.9 cm³/mol. The van der Waals surface area contributed by atoms with E-state index >= 15 is 0 Å². The molecule has 0 saturated heterocycles. The molecule has 2 rings (SSSR count). The fourth-order valence-electron chi connectivity index (χ4n) is 2.25. The van der Waals surface area contributed by atoms with E-state index in [4.69, 9.17) is 0 Å². The van der Waals surface area contributed by atoms with Gasteiger partial charge in [0.05, 0.1) is 5.69 Å². The Bertz CT molecular complexity index is 850. The Hall–Kier alpha value is -2.49. The van der Waals surface area contributed by atoms with Crippen molar-refractivity contribution in [2.75, 3.05) is 0 Å². The average molecular weight is 284 g/mol. The first-order valence-corrected chi connectivity index (χ1v) is 6.68. The molecular weight excluding hydrogens is 267 g/mol. The summed E-state index contributed by atoms with van der Waals surface area (Å²) in [5.74, 6) is -0.228. The lowest BCUT2D eigenvalue weighted by Gasteiger charge is -2.04. The largest absolute Gasteiger partial charge is 0.271 e. The normalized spacial score (nSPS) is 12.7. The van der Waals surface area contributed by atoms with Crippen molar-refractivity contribution in [3.05, 3.63) is 74.3 Å². The van der Waals surface area contributed by atoms with Crippen molar-refractivity contribution in [3.63, 3.8) is 0 Å². The fourth-order valence-corrected chi connectivity index (χ4v) is 2.25. The van der Waals surface area contributed by atoms with Gasteiger partial charge in [-0.1, -0.05) is 36.9 Å². The molecule has 1 N–H and O–H groups in total. The summed E-state index contributed by atoms with van der Waals surface area (Å²) in [4.78, 5) is 11.8. The highest BCUT2D eigenvalue weighted by Gasteiger charge is 2.05. The topological polar surface area (TPSA) is 45.8 Å². The average Bonchev–Trinajstić information content (AvgIpc) is 2.46. The van der Waals surface area contributed by atoms with E-state index in [0.29, 0.717) is 17.2 Å². The molecule has 0 fully saturated rings. The van der Waals surface area contributed by atoms with Crippen LogP contribution in [0.4, 0.5) is 4.39 Å². The van der Waals surface area contributed by atoms with E-state index in [9.17, 15) is 9.18 Å². The molecule has 0 amide bonds. The first kappa shape index (κ1) is 14.9. The summed E-state index contributed by atoms with van der Waals surface area (Å²) >= 11 is 0. The van der Waals surface area contributed by atoms with Crippen LogP contribution in [0.2, 0.25) is 0 Å². The van der Waals surface area contributed by atoms with Crippen LogP contribution < -0.4 is 16.0 Å². The lowest BCUT2D eigenvalue weighted by atomic mass is 10.0. The second kappa shape index (κ2) is 6.31. The van der Waals surface area contributed by atoms with Crippen LogP contribution in [0.1, 0.15) is 23.7 Å². The number of nitrogens with zero attached hydrogens (tertiary/aromatic N) is 1. The van der Waals surface area contributed by atoms with Crippen LogP contribution in [0.5, 0.6) is 0 Å². The molecule has 1 aromatic heterocycles. The van der Waals surface area contributed by atoms with E-state index in [2.05, 4.69) is 16.8 Å². The molecule has 4 heteroatoms. The minimum absolute atomic E-state index is 0.228. The Morgan fingerprint density at radius 1 is 1.38 bits per heavy atom. The summed E-state index contributed by atoms with van der Waals surface area (Å²) in [6, 6.07) is 4.96. The highest BCUT2D eigenvalue weighted by atomic mass is 19.1. The van der Waals surface area contributed by atoms with Gasteiger partial charge in [0.2, 0.25) is 0 Å². The SMILES string of the molecule is C=C/C=c1/c(Cc2ccc(F)c(C)c2)n[nH]c(=O)/c1=C/C. The predicted octanol–water partition coefficient (Wildman–Crippen LogP) is 1.58. The second-order valence-corrected chi connectivity index (χ2v) is 4.78. The highest BCUT2D eigenvalue weighted by Crippen LogP contribution is 2.10. The van der Waals surface area contributed by atoms with Crippen LogP contribution in [-0.4, -0.2) is 10.2 Å². The zero-order valence-electron chi connectivity index (χ0n) is 12.1. The van der Waals surface area contributed by atoms with Crippen LogP contribution in [0.25, 0.3) is 12.2 Å². The van der Waals surface area contributed by atoms with E-state index in [1.54, 1.807) is 44.2 Å². The number of benzene rings is 1. The summed E-state index contributed by atoms with van der Waals surface area (Å²) in [5, 5.41) is 7.94. The number of rotatable bonds is 3. The molecule has 0 aliphatic rings. The zero-order chi connectivity index (χ0) is 15.4. The molecule has 1 aromatic carbocycles. The number of hydrogen-bond donors (Lipinski definition) is 1. The monoisotopic (exact) mass is 284 g/mol. The molecule has 2 aromatic rings. The molecule has 0 spiro atoms. The molecule has 108 valence electrons. The molecular formula is C17H17FN2O. The molecule has 0 aliphatic carbocycles. The van der Waals surface area contributed by atoms with Crippen molar-refractivity contribution in [1.82, 2.24) is 10.2 Å². The molecule has 0 saturated carbocycles. The van der Waals surface area contributed by atoms with Crippen molar-refractivity contribution in [2.24, 2.45) is 0 Å². The van der Waals surface area contributed by atoms with Crippen LogP contribution in [0.15, 0.2) is 35.6 Å². The van der Waals surface area contributed by atoms with E-state index in [-0.39, 0.29) is 11.4 Å². The maximum Gasteiger partial charge on any atom is 0.271 e. The molecule has 3 nitrogen and oxygen atoms in total. The number of aryl methyl sites for hydroxylation is 1. The minimum Gasteiger partial charge on any atom is -0.267 e. The maximum absolute atomic E-state index is 13.3. The fraction of sp³-hybridized carbons (Fsp3) is 0.176. The van der Waals surface area contributed by atoms with Crippen molar-refractivity contribution >= 4 is 12.2 Å². The van der Waals surface area contributed by atoms with E-state index < -0.39 is 0 Å². The molecule has 1 heterocycles. The van der Waals surface area contributed by atoms with Gasteiger partial charge in [0.15, 0.2) is 0 Å². The number of H-pyrrole nitrogens is 1.